The van der Waals surface area contributed by atoms with E-state index in [4.69, 9.17) is 11.6 Å². The van der Waals surface area contributed by atoms with Crippen molar-refractivity contribution < 1.29 is 4.79 Å². The number of nitrogens with one attached hydrogen (secondary N) is 1. The number of aryl methyl sites for hydroxylation is 1. The summed E-state index contributed by atoms with van der Waals surface area (Å²) in [7, 11) is 0. The number of aromatic nitrogens is 1. The van der Waals surface area contributed by atoms with Gasteiger partial charge in [-0.1, -0.05) is 41.9 Å². The number of ketones is 1. The van der Waals surface area contributed by atoms with Gasteiger partial charge < -0.3 is 5.32 Å². The molecule has 0 spiro atoms. The summed E-state index contributed by atoms with van der Waals surface area (Å²) in [6.45, 7) is 1.87. The molecular formula is C20H14ClN3OS. The molecule has 0 aliphatic heterocycles. The van der Waals surface area contributed by atoms with Gasteiger partial charge in [-0.15, -0.1) is 11.3 Å². The number of allylic oxidation sites excluding steroid dienone is 1. The number of benzene rings is 2. The fourth-order valence-corrected chi connectivity index (χ4v) is 3.28. The average molecular weight is 380 g/mol. The van der Waals surface area contributed by atoms with E-state index in [0.717, 1.165) is 5.69 Å². The molecule has 0 aliphatic rings. The van der Waals surface area contributed by atoms with Crippen LogP contribution >= 0.6 is 22.9 Å². The van der Waals surface area contributed by atoms with Gasteiger partial charge in [0.25, 0.3) is 0 Å². The minimum atomic E-state index is -0.146. The first-order valence-corrected chi connectivity index (χ1v) is 9.03. The van der Waals surface area contributed by atoms with E-state index in [9.17, 15) is 10.1 Å². The van der Waals surface area contributed by atoms with Gasteiger partial charge in [-0.05, 0) is 25.1 Å². The van der Waals surface area contributed by atoms with Gasteiger partial charge in [-0.2, -0.15) is 5.26 Å². The minimum Gasteiger partial charge on any atom is -0.360 e. The Morgan fingerprint density at radius 2 is 2.04 bits per heavy atom. The second kappa shape index (κ2) is 7.96. The lowest BCUT2D eigenvalue weighted by Crippen LogP contribution is -2.05. The number of anilines is 1. The van der Waals surface area contributed by atoms with E-state index < -0.39 is 0 Å². The molecule has 3 aromatic rings. The molecule has 0 amide bonds. The number of nitriles is 1. The normalized spacial score (nSPS) is 11.0. The van der Waals surface area contributed by atoms with Crippen LogP contribution in [0.25, 0.3) is 5.57 Å². The number of nitrogens with zero attached hydrogens (tertiary/aromatic N) is 2. The molecule has 1 N–H and O–H groups in total. The van der Waals surface area contributed by atoms with Crippen molar-refractivity contribution in [1.29, 1.82) is 5.26 Å². The van der Waals surface area contributed by atoms with Gasteiger partial charge in [-0.25, -0.2) is 4.98 Å². The Labute approximate surface area is 160 Å². The number of carbonyl (C=O) groups is 1. The third kappa shape index (κ3) is 3.99. The Kier molecular flexibility index (Phi) is 5.47. The molecule has 1 heterocycles. The Balaban J connectivity index is 1.95. The van der Waals surface area contributed by atoms with Crippen molar-refractivity contribution in [3.63, 3.8) is 0 Å². The fraction of sp³-hybridized carbons (Fsp3) is 0.0500. The molecule has 0 unspecified atom stereocenters. The zero-order valence-electron chi connectivity index (χ0n) is 13.9. The fourth-order valence-electron chi connectivity index (χ4n) is 2.34. The number of hydrogen-bond acceptors (Lipinski definition) is 5. The molecule has 128 valence electrons. The van der Waals surface area contributed by atoms with Crippen LogP contribution in [0, 0.1) is 18.3 Å². The monoisotopic (exact) mass is 379 g/mol. The van der Waals surface area contributed by atoms with Gasteiger partial charge in [0.2, 0.25) is 0 Å². The molecule has 26 heavy (non-hydrogen) atoms. The van der Waals surface area contributed by atoms with Crippen molar-refractivity contribution in [3.8, 4) is 6.07 Å². The average Bonchev–Trinajstić information content (AvgIpc) is 3.09. The number of thiazole rings is 1. The zero-order chi connectivity index (χ0) is 18.5. The summed E-state index contributed by atoms with van der Waals surface area (Å²) in [6, 6.07) is 16.1. The maximum absolute atomic E-state index is 12.8. The van der Waals surface area contributed by atoms with E-state index in [0.29, 0.717) is 32.4 Å². The van der Waals surface area contributed by atoms with Gasteiger partial charge >= 0.3 is 0 Å². The standard InChI is InChI=1S/C20H14ClN3OS/c1-13-12-26-20(24-13)15(10-22)11-23-18-8-7-16(21)9-17(18)19(25)14-5-3-2-4-6-14/h2-9,11-12,23H,1H3/b15-11+. The van der Waals surface area contributed by atoms with E-state index in [1.807, 2.05) is 30.5 Å². The molecule has 0 saturated heterocycles. The highest BCUT2D eigenvalue weighted by Crippen LogP contribution is 2.25. The van der Waals surface area contributed by atoms with Crippen LogP contribution in [0.2, 0.25) is 5.02 Å². The number of halogens is 1. The lowest BCUT2D eigenvalue weighted by molar-refractivity contribution is 0.103. The van der Waals surface area contributed by atoms with Crippen LogP contribution in [0.3, 0.4) is 0 Å². The highest BCUT2D eigenvalue weighted by molar-refractivity contribution is 7.10. The smallest absolute Gasteiger partial charge is 0.195 e. The van der Waals surface area contributed by atoms with Crippen LogP contribution < -0.4 is 5.32 Å². The summed E-state index contributed by atoms with van der Waals surface area (Å²) in [5.41, 5.74) is 2.84. The Morgan fingerprint density at radius 3 is 2.69 bits per heavy atom. The molecule has 2 aromatic carbocycles. The van der Waals surface area contributed by atoms with Crippen LogP contribution in [-0.2, 0) is 0 Å². The van der Waals surface area contributed by atoms with Crippen molar-refractivity contribution in [1.82, 2.24) is 4.98 Å². The Bertz CT molecular complexity index is 1020. The first kappa shape index (κ1) is 17.9. The first-order chi connectivity index (χ1) is 12.6. The highest BCUT2D eigenvalue weighted by atomic mass is 35.5. The number of carbonyl (C=O) groups excluding carboxylic acids is 1. The third-order valence-electron chi connectivity index (χ3n) is 3.60. The molecule has 0 fully saturated rings. The Morgan fingerprint density at radius 1 is 1.27 bits per heavy atom. The predicted octanol–water partition coefficient (Wildman–Crippen LogP) is 5.31. The molecule has 6 heteroatoms. The van der Waals surface area contributed by atoms with E-state index in [1.165, 1.54) is 11.3 Å². The van der Waals surface area contributed by atoms with Crippen LogP contribution in [0.1, 0.15) is 26.6 Å². The maximum Gasteiger partial charge on any atom is 0.195 e. The van der Waals surface area contributed by atoms with Crippen LogP contribution in [0.5, 0.6) is 0 Å². The topological polar surface area (TPSA) is 65.8 Å². The molecule has 4 nitrogen and oxygen atoms in total. The molecule has 0 atom stereocenters. The van der Waals surface area contributed by atoms with E-state index >= 15 is 0 Å². The molecule has 0 radical (unpaired) electrons. The summed E-state index contributed by atoms with van der Waals surface area (Å²) in [5, 5.41) is 15.4. The molecule has 3 rings (SSSR count). The van der Waals surface area contributed by atoms with Crippen molar-refractivity contribution in [3.05, 3.63) is 87.0 Å². The summed E-state index contributed by atoms with van der Waals surface area (Å²) < 4.78 is 0. The van der Waals surface area contributed by atoms with E-state index in [1.54, 1.807) is 36.5 Å². The quantitative estimate of drug-likeness (QED) is 0.481. The highest BCUT2D eigenvalue weighted by Gasteiger charge is 2.14. The molecule has 0 bridgehead atoms. The van der Waals surface area contributed by atoms with Gasteiger partial charge in [0.05, 0.1) is 0 Å². The molecule has 0 saturated carbocycles. The van der Waals surface area contributed by atoms with Crippen molar-refractivity contribution in [2.75, 3.05) is 5.32 Å². The SMILES string of the molecule is Cc1csc(/C(C#N)=C/Nc2ccc(Cl)cc2C(=O)c2ccccc2)n1. The predicted molar refractivity (Wildman–Crippen MR) is 105 cm³/mol. The van der Waals surface area contributed by atoms with Crippen LogP contribution in [0.15, 0.2) is 60.1 Å². The van der Waals surface area contributed by atoms with Crippen LogP contribution in [0.4, 0.5) is 5.69 Å². The third-order valence-corrected chi connectivity index (χ3v) is 4.83. The summed E-state index contributed by atoms with van der Waals surface area (Å²) in [6.07, 6.45) is 1.56. The molecule has 1 aromatic heterocycles. The second-order valence-corrected chi connectivity index (χ2v) is 6.79. The van der Waals surface area contributed by atoms with Crippen molar-refractivity contribution >= 4 is 40.0 Å². The Hall–Kier alpha value is -2.94. The van der Waals surface area contributed by atoms with E-state index in [-0.39, 0.29) is 5.78 Å². The lowest BCUT2D eigenvalue weighted by Gasteiger charge is -2.10. The van der Waals surface area contributed by atoms with Crippen molar-refractivity contribution in [2.45, 2.75) is 6.92 Å². The lowest BCUT2D eigenvalue weighted by atomic mass is 10.0. The number of rotatable bonds is 5. The van der Waals surface area contributed by atoms with Gasteiger partial charge in [0, 0.05) is 39.1 Å². The van der Waals surface area contributed by atoms with Gasteiger partial charge in [-0.3, -0.25) is 4.79 Å². The second-order valence-electron chi connectivity index (χ2n) is 5.49. The summed E-state index contributed by atoms with van der Waals surface area (Å²) in [4.78, 5) is 17.1. The minimum absolute atomic E-state index is 0.146. The zero-order valence-corrected chi connectivity index (χ0v) is 15.4. The van der Waals surface area contributed by atoms with Crippen molar-refractivity contribution in [2.24, 2.45) is 0 Å². The molecule has 0 aliphatic carbocycles. The summed E-state index contributed by atoms with van der Waals surface area (Å²) in [5.74, 6) is -0.146. The summed E-state index contributed by atoms with van der Waals surface area (Å²) >= 11 is 7.48. The first-order valence-electron chi connectivity index (χ1n) is 7.77. The largest absolute Gasteiger partial charge is 0.360 e. The maximum atomic E-state index is 12.8. The van der Waals surface area contributed by atoms with Gasteiger partial charge in [0.1, 0.15) is 16.6 Å². The molecular weight excluding hydrogens is 366 g/mol. The van der Waals surface area contributed by atoms with Crippen LogP contribution in [-0.4, -0.2) is 10.8 Å². The number of hydrogen-bond donors (Lipinski definition) is 1. The van der Waals surface area contributed by atoms with E-state index in [2.05, 4.69) is 16.4 Å². The van der Waals surface area contributed by atoms with Gasteiger partial charge in [0.15, 0.2) is 5.78 Å².